The van der Waals surface area contributed by atoms with E-state index in [2.05, 4.69) is 12.6 Å². The average Bonchev–Trinajstić information content (AvgIpc) is 2.18. The number of hydrogen-bond acceptors (Lipinski definition) is 2. The topological polar surface area (TPSA) is 20.3 Å². The second kappa shape index (κ2) is 4.95. The molecule has 0 heterocycles. The Labute approximate surface area is 101 Å². The average molecular weight is 267 g/mol. The summed E-state index contributed by atoms with van der Waals surface area (Å²) in [5.74, 6) is -1.47. The van der Waals surface area contributed by atoms with Gasteiger partial charge >= 0.3 is 6.18 Å². The number of benzene rings is 1. The number of carbonyl (C=O) groups excluding carboxylic acids is 1. The molecular weight excluding hydrogens is 258 g/mol. The lowest BCUT2D eigenvalue weighted by molar-refractivity contribution is -0.138. The highest BCUT2D eigenvalue weighted by atomic mass is 32.1. The first kappa shape index (κ1) is 13.8. The van der Waals surface area contributed by atoms with Crippen LogP contribution < -0.4 is 0 Å². The fraction of sp³-hybridized carbons (Fsp3) is 0.300. The summed E-state index contributed by atoms with van der Waals surface area (Å²) in [5.41, 5.74) is -0.0387. The van der Waals surface area contributed by atoms with Gasteiger partial charge in [-0.05, 0) is 18.2 Å². The smallest absolute Gasteiger partial charge is 0.333 e. The molecule has 0 unspecified atom stereocenters. The van der Waals surface area contributed by atoms with Crippen LogP contribution in [0.2, 0.25) is 0 Å². The first-order valence-corrected chi connectivity index (χ1v) is 4.96. The Morgan fingerprint density at radius 3 is 2.47 bits per heavy atom. The van der Waals surface area contributed by atoms with E-state index in [0.29, 0.717) is 4.90 Å². The van der Waals surface area contributed by atoms with Crippen molar-refractivity contribution in [1.29, 1.82) is 0 Å². The lowest BCUT2D eigenvalue weighted by Gasteiger charge is -2.19. The van der Waals surface area contributed by atoms with Crippen molar-refractivity contribution in [2.45, 2.75) is 11.1 Å². The van der Waals surface area contributed by atoms with Crippen molar-refractivity contribution >= 4 is 18.5 Å². The molecule has 0 saturated carbocycles. The van der Waals surface area contributed by atoms with Crippen LogP contribution in [0.4, 0.5) is 17.6 Å². The summed E-state index contributed by atoms with van der Waals surface area (Å²) in [6, 6.07) is 3.19. The summed E-state index contributed by atoms with van der Waals surface area (Å²) in [6.45, 7) is -1.36. The number of thiol groups is 1. The maximum absolute atomic E-state index is 12.9. The number of nitrogens with zero attached hydrogens (tertiary/aromatic N) is 1. The van der Waals surface area contributed by atoms with E-state index in [4.69, 9.17) is 0 Å². The third-order valence-corrected chi connectivity index (χ3v) is 2.30. The van der Waals surface area contributed by atoms with Crippen molar-refractivity contribution in [1.82, 2.24) is 4.90 Å². The molecule has 0 aromatic heterocycles. The number of rotatable bonds is 2. The zero-order valence-corrected chi connectivity index (χ0v) is 9.65. The van der Waals surface area contributed by atoms with Gasteiger partial charge in [0, 0.05) is 17.5 Å². The van der Waals surface area contributed by atoms with E-state index in [-0.39, 0.29) is 10.5 Å². The highest BCUT2D eigenvalue weighted by molar-refractivity contribution is 7.80. The van der Waals surface area contributed by atoms with Gasteiger partial charge in [-0.2, -0.15) is 13.2 Å². The van der Waals surface area contributed by atoms with Crippen LogP contribution in [0, 0.1) is 5.82 Å². The summed E-state index contributed by atoms with van der Waals surface area (Å²) in [7, 11) is 1.03. The van der Waals surface area contributed by atoms with Gasteiger partial charge in [-0.1, -0.05) is 0 Å². The van der Waals surface area contributed by atoms with Crippen LogP contribution in [0.25, 0.3) is 0 Å². The Morgan fingerprint density at radius 2 is 2.00 bits per heavy atom. The molecule has 0 aliphatic carbocycles. The van der Waals surface area contributed by atoms with Crippen LogP contribution >= 0.6 is 12.6 Å². The van der Waals surface area contributed by atoms with Gasteiger partial charge in [0.2, 0.25) is 0 Å². The Hall–Kier alpha value is -1.24. The second-order valence-corrected chi connectivity index (χ2v) is 3.92. The van der Waals surface area contributed by atoms with Gasteiger partial charge in [-0.3, -0.25) is 4.79 Å². The summed E-state index contributed by atoms with van der Waals surface area (Å²) in [5, 5.41) is 0. The van der Waals surface area contributed by atoms with Crippen molar-refractivity contribution in [2.24, 2.45) is 0 Å². The van der Waals surface area contributed by atoms with E-state index < -0.39 is 24.4 Å². The summed E-state index contributed by atoms with van der Waals surface area (Å²) < 4.78 is 49.0. The fourth-order valence-electron chi connectivity index (χ4n) is 1.21. The summed E-state index contributed by atoms with van der Waals surface area (Å²) in [4.78, 5) is 12.0. The summed E-state index contributed by atoms with van der Waals surface area (Å²) >= 11 is 3.75. The minimum atomic E-state index is -4.46. The molecule has 0 radical (unpaired) electrons. The van der Waals surface area contributed by atoms with Gasteiger partial charge in [0.05, 0.1) is 0 Å². The van der Waals surface area contributed by atoms with Gasteiger partial charge in [0.15, 0.2) is 0 Å². The van der Waals surface area contributed by atoms with Crippen LogP contribution in [-0.2, 0) is 0 Å². The van der Waals surface area contributed by atoms with Crippen LogP contribution in [0.15, 0.2) is 23.1 Å². The molecule has 2 nitrogen and oxygen atoms in total. The number of alkyl halides is 3. The van der Waals surface area contributed by atoms with Crippen molar-refractivity contribution < 1.29 is 22.4 Å². The number of hydrogen-bond donors (Lipinski definition) is 1. The molecule has 1 amide bonds. The molecule has 0 fully saturated rings. The Balaban J connectivity index is 2.85. The van der Waals surface area contributed by atoms with Crippen LogP contribution in [0.3, 0.4) is 0 Å². The molecule has 94 valence electrons. The van der Waals surface area contributed by atoms with E-state index in [1.165, 1.54) is 0 Å². The first-order chi connectivity index (χ1) is 7.70. The molecule has 0 N–H and O–H groups in total. The van der Waals surface area contributed by atoms with Gasteiger partial charge in [0.25, 0.3) is 5.91 Å². The molecule has 0 aliphatic rings. The van der Waals surface area contributed by atoms with E-state index in [0.717, 1.165) is 25.2 Å². The molecule has 0 saturated heterocycles. The Morgan fingerprint density at radius 1 is 1.41 bits per heavy atom. The normalized spacial score (nSPS) is 11.4. The molecule has 1 rings (SSSR count). The van der Waals surface area contributed by atoms with Crippen molar-refractivity contribution in [3.05, 3.63) is 29.6 Å². The van der Waals surface area contributed by atoms with Gasteiger partial charge in [-0.25, -0.2) is 4.39 Å². The molecule has 1 aromatic rings. The predicted octanol–water partition coefficient (Wildman–Crippen LogP) is 2.75. The largest absolute Gasteiger partial charge is 0.406 e. The molecule has 0 spiro atoms. The van der Waals surface area contributed by atoms with E-state index in [1.807, 2.05) is 0 Å². The van der Waals surface area contributed by atoms with E-state index >= 15 is 0 Å². The predicted molar refractivity (Wildman–Crippen MR) is 56.7 cm³/mol. The molecule has 0 aliphatic heterocycles. The highest BCUT2D eigenvalue weighted by Crippen LogP contribution is 2.19. The van der Waals surface area contributed by atoms with Crippen LogP contribution in [0.1, 0.15) is 10.4 Å². The van der Waals surface area contributed by atoms with Crippen LogP contribution in [-0.4, -0.2) is 30.6 Å². The third-order valence-electron chi connectivity index (χ3n) is 1.96. The van der Waals surface area contributed by atoms with Crippen molar-refractivity contribution in [2.75, 3.05) is 13.6 Å². The maximum Gasteiger partial charge on any atom is 0.406 e. The third kappa shape index (κ3) is 3.92. The molecule has 7 heteroatoms. The molecular formula is C10H9F4NOS. The zero-order chi connectivity index (χ0) is 13.2. The standard InChI is InChI=1S/C10H9F4NOS/c1-15(5-10(12,13)14)9(16)6-2-3-7(11)8(17)4-6/h2-4,17H,5H2,1H3. The fourth-order valence-corrected chi connectivity index (χ4v) is 1.42. The minimum Gasteiger partial charge on any atom is -0.333 e. The summed E-state index contributed by atoms with van der Waals surface area (Å²) in [6.07, 6.45) is -4.46. The van der Waals surface area contributed by atoms with E-state index in [9.17, 15) is 22.4 Å². The number of carbonyl (C=O) groups is 1. The number of amides is 1. The second-order valence-electron chi connectivity index (χ2n) is 3.44. The molecule has 0 atom stereocenters. The van der Waals surface area contributed by atoms with Gasteiger partial charge in [-0.15, -0.1) is 12.6 Å². The Kier molecular flexibility index (Phi) is 4.03. The maximum atomic E-state index is 12.9. The molecule has 1 aromatic carbocycles. The van der Waals surface area contributed by atoms with Crippen molar-refractivity contribution in [3.8, 4) is 0 Å². The SMILES string of the molecule is CN(CC(F)(F)F)C(=O)c1ccc(F)c(S)c1. The monoisotopic (exact) mass is 267 g/mol. The Bertz CT molecular complexity index is 433. The zero-order valence-electron chi connectivity index (χ0n) is 8.75. The lowest BCUT2D eigenvalue weighted by atomic mass is 10.2. The quantitative estimate of drug-likeness (QED) is 0.645. The first-order valence-electron chi connectivity index (χ1n) is 4.51. The van der Waals surface area contributed by atoms with E-state index in [1.54, 1.807) is 0 Å². The number of halogens is 4. The van der Waals surface area contributed by atoms with Crippen LogP contribution in [0.5, 0.6) is 0 Å². The minimum absolute atomic E-state index is 0.0387. The lowest BCUT2D eigenvalue weighted by Crippen LogP contribution is -2.35. The molecule has 17 heavy (non-hydrogen) atoms. The molecule has 0 bridgehead atoms. The van der Waals surface area contributed by atoms with Crippen molar-refractivity contribution in [3.63, 3.8) is 0 Å². The highest BCUT2D eigenvalue weighted by Gasteiger charge is 2.31. The van der Waals surface area contributed by atoms with Gasteiger partial charge in [0.1, 0.15) is 12.4 Å². The van der Waals surface area contributed by atoms with Gasteiger partial charge < -0.3 is 4.90 Å².